The first-order chi connectivity index (χ1) is 11.5. The van der Waals surface area contributed by atoms with Gasteiger partial charge in [-0.15, -0.1) is 23.2 Å². The van der Waals surface area contributed by atoms with Crippen LogP contribution in [-0.4, -0.2) is 22.0 Å². The van der Waals surface area contributed by atoms with Crippen molar-refractivity contribution in [3.05, 3.63) is 65.7 Å². The second-order valence-corrected chi connectivity index (χ2v) is 6.69. The van der Waals surface area contributed by atoms with Crippen molar-refractivity contribution in [2.75, 3.05) is 5.32 Å². The predicted octanol–water partition coefficient (Wildman–Crippen LogP) is 3.84. The number of carbonyl (C=O) groups is 1. The summed E-state index contributed by atoms with van der Waals surface area (Å²) in [5.74, 6) is -0.290. The lowest BCUT2D eigenvalue weighted by molar-refractivity contribution is 0.0936. The molecule has 0 aliphatic carbocycles. The standard InChI is InChI=1S/C17H17Cl2N3OS/c1-11-7-9-12(10-8-11)16(23)21-15(14(18)19)22-17(24)20-13-5-3-2-4-6-13/h2-10,14-15H,1H3,(H,21,23)(H2,20,22,24)/t15-/m0/s1. The highest BCUT2D eigenvalue weighted by atomic mass is 35.5. The normalized spacial score (nSPS) is 11.7. The van der Waals surface area contributed by atoms with E-state index in [1.54, 1.807) is 12.1 Å². The molecule has 0 bridgehead atoms. The molecule has 4 nitrogen and oxygen atoms in total. The van der Waals surface area contributed by atoms with E-state index < -0.39 is 11.0 Å². The number of carbonyl (C=O) groups excluding carboxylic acids is 1. The third-order valence-corrected chi connectivity index (χ3v) is 3.89. The van der Waals surface area contributed by atoms with Crippen molar-refractivity contribution >= 4 is 52.1 Å². The first-order valence-electron chi connectivity index (χ1n) is 7.24. The van der Waals surface area contributed by atoms with E-state index in [0.29, 0.717) is 10.7 Å². The van der Waals surface area contributed by atoms with Gasteiger partial charge in [-0.25, -0.2) is 0 Å². The fourth-order valence-corrected chi connectivity index (χ4v) is 2.42. The van der Waals surface area contributed by atoms with E-state index in [9.17, 15) is 4.79 Å². The van der Waals surface area contributed by atoms with E-state index in [2.05, 4.69) is 16.0 Å². The Kier molecular flexibility index (Phi) is 6.85. The van der Waals surface area contributed by atoms with E-state index in [-0.39, 0.29) is 5.91 Å². The van der Waals surface area contributed by atoms with Crippen LogP contribution in [0.25, 0.3) is 0 Å². The number of para-hydroxylation sites is 1. The largest absolute Gasteiger partial charge is 0.340 e. The van der Waals surface area contributed by atoms with Crippen molar-refractivity contribution in [1.82, 2.24) is 10.6 Å². The lowest BCUT2D eigenvalue weighted by Gasteiger charge is -2.23. The third kappa shape index (κ3) is 5.67. The molecule has 0 saturated heterocycles. The monoisotopic (exact) mass is 381 g/mol. The quantitative estimate of drug-likeness (QED) is 0.418. The Morgan fingerprint density at radius 2 is 1.62 bits per heavy atom. The van der Waals surface area contributed by atoms with Crippen LogP contribution in [-0.2, 0) is 0 Å². The van der Waals surface area contributed by atoms with Crippen molar-refractivity contribution in [2.45, 2.75) is 17.9 Å². The maximum Gasteiger partial charge on any atom is 0.252 e. The Balaban J connectivity index is 1.97. The molecule has 0 aromatic heterocycles. The summed E-state index contributed by atoms with van der Waals surface area (Å²) < 4.78 is 0. The molecule has 0 fully saturated rings. The van der Waals surface area contributed by atoms with Gasteiger partial charge >= 0.3 is 0 Å². The van der Waals surface area contributed by atoms with E-state index in [0.717, 1.165) is 11.3 Å². The van der Waals surface area contributed by atoms with Crippen molar-refractivity contribution in [1.29, 1.82) is 0 Å². The molecule has 0 unspecified atom stereocenters. The number of aryl methyl sites for hydroxylation is 1. The molecule has 0 heterocycles. The van der Waals surface area contributed by atoms with Crippen molar-refractivity contribution in [2.24, 2.45) is 0 Å². The molecule has 2 aromatic rings. The van der Waals surface area contributed by atoms with Crippen LogP contribution in [0.4, 0.5) is 5.69 Å². The van der Waals surface area contributed by atoms with Gasteiger partial charge < -0.3 is 16.0 Å². The Bertz CT molecular complexity index is 693. The van der Waals surface area contributed by atoms with Crippen molar-refractivity contribution in [3.63, 3.8) is 0 Å². The zero-order valence-electron chi connectivity index (χ0n) is 12.9. The van der Waals surface area contributed by atoms with E-state index in [4.69, 9.17) is 35.4 Å². The molecule has 0 radical (unpaired) electrons. The topological polar surface area (TPSA) is 53.2 Å². The molecule has 126 valence electrons. The molecular weight excluding hydrogens is 365 g/mol. The molecule has 0 saturated carbocycles. The van der Waals surface area contributed by atoms with Crippen LogP contribution in [0.5, 0.6) is 0 Å². The highest BCUT2D eigenvalue weighted by Gasteiger charge is 2.21. The Morgan fingerprint density at radius 3 is 2.21 bits per heavy atom. The molecule has 0 aliphatic rings. The van der Waals surface area contributed by atoms with E-state index >= 15 is 0 Å². The maximum absolute atomic E-state index is 12.3. The Hall–Kier alpha value is -1.82. The highest BCUT2D eigenvalue weighted by Crippen LogP contribution is 2.10. The van der Waals surface area contributed by atoms with Crippen LogP contribution < -0.4 is 16.0 Å². The summed E-state index contributed by atoms with van der Waals surface area (Å²) in [5.41, 5.74) is 2.41. The van der Waals surface area contributed by atoms with Crippen LogP contribution in [0, 0.1) is 6.92 Å². The highest BCUT2D eigenvalue weighted by molar-refractivity contribution is 7.80. The van der Waals surface area contributed by atoms with Gasteiger partial charge in [-0.1, -0.05) is 35.9 Å². The number of hydrogen-bond acceptors (Lipinski definition) is 2. The fraction of sp³-hybridized carbons (Fsp3) is 0.176. The zero-order chi connectivity index (χ0) is 17.5. The minimum absolute atomic E-state index is 0.290. The van der Waals surface area contributed by atoms with Gasteiger partial charge in [-0.3, -0.25) is 4.79 Å². The summed E-state index contributed by atoms with van der Waals surface area (Å²) in [6.07, 6.45) is -0.731. The zero-order valence-corrected chi connectivity index (χ0v) is 15.3. The van der Waals surface area contributed by atoms with Crippen LogP contribution in [0.3, 0.4) is 0 Å². The fourth-order valence-electron chi connectivity index (χ4n) is 1.92. The Labute approximate surface area is 156 Å². The molecular formula is C17H17Cl2N3OS. The number of hydrogen-bond donors (Lipinski definition) is 3. The number of halogens is 2. The summed E-state index contributed by atoms with van der Waals surface area (Å²) in [6, 6.07) is 16.6. The molecule has 2 aromatic carbocycles. The summed E-state index contributed by atoms with van der Waals surface area (Å²) in [7, 11) is 0. The predicted molar refractivity (Wildman–Crippen MR) is 104 cm³/mol. The lowest BCUT2D eigenvalue weighted by atomic mass is 10.1. The van der Waals surface area contributed by atoms with Crippen molar-refractivity contribution in [3.8, 4) is 0 Å². The SMILES string of the molecule is Cc1ccc(C(=O)N[C@@H](NC(=S)Nc2ccccc2)C(Cl)Cl)cc1. The molecule has 2 rings (SSSR count). The number of nitrogens with one attached hydrogen (secondary N) is 3. The minimum atomic E-state index is -0.880. The summed E-state index contributed by atoms with van der Waals surface area (Å²) >= 11 is 17.1. The molecule has 0 aliphatic heterocycles. The lowest BCUT2D eigenvalue weighted by Crippen LogP contribution is -2.52. The van der Waals surface area contributed by atoms with Gasteiger partial charge in [0.25, 0.3) is 5.91 Å². The molecule has 1 atom stereocenters. The van der Waals surface area contributed by atoms with Crippen LogP contribution in [0.2, 0.25) is 0 Å². The van der Waals surface area contributed by atoms with Gasteiger partial charge in [0.1, 0.15) is 11.0 Å². The summed E-state index contributed by atoms with van der Waals surface area (Å²) in [5, 5.41) is 8.94. The second kappa shape index (κ2) is 8.87. The van der Waals surface area contributed by atoms with Gasteiger partial charge in [0, 0.05) is 11.3 Å². The Morgan fingerprint density at radius 1 is 1.00 bits per heavy atom. The average Bonchev–Trinajstić information content (AvgIpc) is 2.55. The van der Waals surface area contributed by atoms with Crippen LogP contribution in [0.1, 0.15) is 15.9 Å². The number of thiocarbonyl (C=S) groups is 1. The number of alkyl halides is 2. The van der Waals surface area contributed by atoms with Crippen LogP contribution >= 0.6 is 35.4 Å². The molecule has 3 N–H and O–H groups in total. The van der Waals surface area contributed by atoms with Crippen LogP contribution in [0.15, 0.2) is 54.6 Å². The second-order valence-electron chi connectivity index (χ2n) is 5.12. The van der Waals surface area contributed by atoms with E-state index in [1.165, 1.54) is 0 Å². The number of anilines is 1. The molecule has 24 heavy (non-hydrogen) atoms. The van der Waals surface area contributed by atoms with Gasteiger partial charge in [0.15, 0.2) is 5.11 Å². The number of amides is 1. The third-order valence-electron chi connectivity index (χ3n) is 3.17. The van der Waals surface area contributed by atoms with Crippen molar-refractivity contribution < 1.29 is 4.79 Å². The van der Waals surface area contributed by atoms with Gasteiger partial charge in [0.05, 0.1) is 0 Å². The number of benzene rings is 2. The first kappa shape index (κ1) is 18.5. The van der Waals surface area contributed by atoms with Gasteiger partial charge in [-0.2, -0.15) is 0 Å². The maximum atomic E-state index is 12.3. The minimum Gasteiger partial charge on any atom is -0.340 e. The van der Waals surface area contributed by atoms with Gasteiger partial charge in [0.2, 0.25) is 0 Å². The smallest absolute Gasteiger partial charge is 0.252 e. The van der Waals surface area contributed by atoms with Gasteiger partial charge in [-0.05, 0) is 43.4 Å². The molecule has 0 spiro atoms. The first-order valence-corrected chi connectivity index (χ1v) is 8.52. The molecule has 1 amide bonds. The summed E-state index contributed by atoms with van der Waals surface area (Å²) in [4.78, 5) is 11.4. The molecule has 7 heteroatoms. The van der Waals surface area contributed by atoms with E-state index in [1.807, 2.05) is 49.4 Å². The number of rotatable bonds is 5. The summed E-state index contributed by atoms with van der Waals surface area (Å²) in [6.45, 7) is 1.95. The average molecular weight is 382 g/mol.